The average molecular weight is 679 g/mol. The van der Waals surface area contributed by atoms with Crippen LogP contribution in [0.15, 0.2) is 194 Å². The number of anilines is 3. The van der Waals surface area contributed by atoms with Crippen LogP contribution in [0.2, 0.25) is 0 Å². The Hall–Kier alpha value is -6.64. The summed E-state index contributed by atoms with van der Waals surface area (Å²) in [5, 5.41) is 2.49. The largest absolute Gasteiger partial charge is 0.310 e. The molecule has 1 heterocycles. The van der Waals surface area contributed by atoms with Gasteiger partial charge in [-0.2, -0.15) is 0 Å². The number of hydrogen-bond acceptors (Lipinski definition) is 1. The zero-order chi connectivity index (χ0) is 35.5. The van der Waals surface area contributed by atoms with Crippen LogP contribution in [0.5, 0.6) is 0 Å². The highest BCUT2D eigenvalue weighted by atomic mass is 15.1. The summed E-state index contributed by atoms with van der Waals surface area (Å²) in [4.78, 5) is 2.38. The van der Waals surface area contributed by atoms with Crippen LogP contribution in [0.4, 0.5) is 17.1 Å². The molecule has 0 atom stereocenters. The van der Waals surface area contributed by atoms with Gasteiger partial charge in [0.2, 0.25) is 0 Å². The summed E-state index contributed by atoms with van der Waals surface area (Å²) in [7, 11) is 0. The number of fused-ring (bicyclic) bond motifs is 6. The summed E-state index contributed by atoms with van der Waals surface area (Å²) >= 11 is 0. The van der Waals surface area contributed by atoms with Crippen molar-refractivity contribution in [2.24, 2.45) is 0 Å². The fourth-order valence-corrected chi connectivity index (χ4v) is 8.52. The van der Waals surface area contributed by atoms with E-state index in [1.54, 1.807) is 0 Å². The van der Waals surface area contributed by atoms with Crippen molar-refractivity contribution in [2.45, 2.75) is 19.3 Å². The lowest BCUT2D eigenvalue weighted by atomic mass is 9.82. The molecule has 0 radical (unpaired) electrons. The molecule has 0 fully saturated rings. The molecule has 53 heavy (non-hydrogen) atoms. The molecule has 8 aromatic carbocycles. The van der Waals surface area contributed by atoms with Gasteiger partial charge in [-0.1, -0.05) is 153 Å². The SMILES string of the molecule is CC1(C)c2ccccc2-c2ccc(-n3c4ccccc4c4ccc(N(c5ccc(-c6ccccc6)cc5)c5ccc(-c6ccccc6)cc5)cc43)cc21. The molecular weight excluding hydrogens is 641 g/mol. The van der Waals surface area contributed by atoms with Crippen molar-refractivity contribution in [3.05, 3.63) is 205 Å². The number of rotatable bonds is 6. The van der Waals surface area contributed by atoms with Crippen LogP contribution in [0, 0.1) is 0 Å². The van der Waals surface area contributed by atoms with Gasteiger partial charge in [0.1, 0.15) is 0 Å². The van der Waals surface area contributed by atoms with Gasteiger partial charge >= 0.3 is 0 Å². The Labute approximate surface area is 310 Å². The third-order valence-corrected chi connectivity index (χ3v) is 11.2. The summed E-state index contributed by atoms with van der Waals surface area (Å²) in [5.74, 6) is 0. The molecule has 0 bridgehead atoms. The molecule has 0 amide bonds. The highest BCUT2D eigenvalue weighted by molar-refractivity contribution is 6.10. The van der Waals surface area contributed by atoms with Gasteiger partial charge in [-0.05, 0) is 99.1 Å². The first-order valence-corrected chi connectivity index (χ1v) is 18.4. The predicted molar refractivity (Wildman–Crippen MR) is 224 cm³/mol. The number of aromatic nitrogens is 1. The third kappa shape index (κ3) is 5.10. The molecule has 252 valence electrons. The lowest BCUT2D eigenvalue weighted by Gasteiger charge is -2.26. The van der Waals surface area contributed by atoms with Crippen LogP contribution >= 0.6 is 0 Å². The first-order chi connectivity index (χ1) is 26.0. The fraction of sp³-hybridized carbons (Fsp3) is 0.0588. The molecule has 10 rings (SSSR count). The lowest BCUT2D eigenvalue weighted by molar-refractivity contribution is 0.660. The van der Waals surface area contributed by atoms with E-state index in [0.29, 0.717) is 0 Å². The number of hydrogen-bond donors (Lipinski definition) is 0. The summed E-state index contributed by atoms with van der Waals surface area (Å²) in [5.41, 5.74) is 17.1. The molecule has 1 aliphatic carbocycles. The van der Waals surface area contributed by atoms with Crippen LogP contribution in [0.3, 0.4) is 0 Å². The Bertz CT molecular complexity index is 2690. The van der Waals surface area contributed by atoms with E-state index in [1.807, 2.05) is 0 Å². The molecule has 0 N–H and O–H groups in total. The number of benzene rings is 8. The van der Waals surface area contributed by atoms with Gasteiger partial charge in [-0.3, -0.25) is 0 Å². The van der Waals surface area contributed by atoms with Crippen molar-refractivity contribution in [3.8, 4) is 39.1 Å². The number of para-hydroxylation sites is 1. The van der Waals surface area contributed by atoms with Gasteiger partial charge in [-0.25, -0.2) is 0 Å². The van der Waals surface area contributed by atoms with E-state index < -0.39 is 0 Å². The number of nitrogens with zero attached hydrogens (tertiary/aromatic N) is 2. The average Bonchev–Trinajstić information content (AvgIpc) is 3.67. The fourth-order valence-electron chi connectivity index (χ4n) is 8.52. The van der Waals surface area contributed by atoms with Crippen molar-refractivity contribution < 1.29 is 0 Å². The van der Waals surface area contributed by atoms with E-state index >= 15 is 0 Å². The van der Waals surface area contributed by atoms with Crippen LogP contribution in [-0.2, 0) is 5.41 Å². The van der Waals surface area contributed by atoms with E-state index in [4.69, 9.17) is 0 Å². The molecule has 0 spiro atoms. The predicted octanol–water partition coefficient (Wildman–Crippen LogP) is 13.9. The summed E-state index contributed by atoms with van der Waals surface area (Å²) in [6.45, 7) is 4.71. The second kappa shape index (κ2) is 12.3. The van der Waals surface area contributed by atoms with Gasteiger partial charge in [0.25, 0.3) is 0 Å². The van der Waals surface area contributed by atoms with Crippen molar-refractivity contribution in [2.75, 3.05) is 4.90 Å². The topological polar surface area (TPSA) is 8.17 Å². The molecule has 0 aliphatic heterocycles. The highest BCUT2D eigenvalue weighted by Crippen LogP contribution is 2.49. The smallest absolute Gasteiger partial charge is 0.0561 e. The van der Waals surface area contributed by atoms with Crippen LogP contribution in [0.1, 0.15) is 25.0 Å². The van der Waals surface area contributed by atoms with Crippen molar-refractivity contribution in [1.29, 1.82) is 0 Å². The maximum atomic E-state index is 2.46. The van der Waals surface area contributed by atoms with E-state index in [0.717, 1.165) is 17.1 Å². The zero-order valence-corrected chi connectivity index (χ0v) is 29.9. The van der Waals surface area contributed by atoms with Gasteiger partial charge in [0.15, 0.2) is 0 Å². The Morgan fingerprint density at radius 2 is 0.887 bits per heavy atom. The van der Waals surface area contributed by atoms with Crippen LogP contribution < -0.4 is 4.90 Å². The molecule has 1 aromatic heterocycles. The summed E-state index contributed by atoms with van der Waals surface area (Å²) < 4.78 is 2.46. The molecule has 9 aromatic rings. The Balaban J connectivity index is 1.15. The zero-order valence-electron chi connectivity index (χ0n) is 29.9. The maximum Gasteiger partial charge on any atom is 0.0561 e. The Morgan fingerprint density at radius 1 is 0.377 bits per heavy atom. The lowest BCUT2D eigenvalue weighted by Crippen LogP contribution is -2.15. The Kier molecular flexibility index (Phi) is 7.19. The highest BCUT2D eigenvalue weighted by Gasteiger charge is 2.35. The monoisotopic (exact) mass is 678 g/mol. The summed E-state index contributed by atoms with van der Waals surface area (Å²) in [6, 6.07) is 70.8. The molecule has 0 saturated carbocycles. The van der Waals surface area contributed by atoms with Gasteiger partial charge in [0, 0.05) is 38.9 Å². The molecule has 2 heteroatoms. The van der Waals surface area contributed by atoms with E-state index in [1.165, 1.54) is 72.0 Å². The standard InChI is InChI=1S/C51H38N2/c1-51(2)47-19-11-9-17-43(47)44-31-29-41(33-48(44)51)53-49-20-12-10-18-45(49)46-32-30-42(34-50(46)53)52(39-25-21-37(22-26-39)35-13-5-3-6-14-35)40-27-23-38(24-28-40)36-15-7-4-8-16-36/h3-34H,1-2H3. The van der Waals surface area contributed by atoms with Gasteiger partial charge in [0.05, 0.1) is 11.0 Å². The Morgan fingerprint density at radius 3 is 1.55 bits per heavy atom. The third-order valence-electron chi connectivity index (χ3n) is 11.2. The minimum atomic E-state index is -0.0829. The summed E-state index contributed by atoms with van der Waals surface area (Å²) in [6.07, 6.45) is 0. The van der Waals surface area contributed by atoms with E-state index in [-0.39, 0.29) is 5.41 Å². The first kappa shape index (κ1) is 31.1. The van der Waals surface area contributed by atoms with Crippen molar-refractivity contribution in [3.63, 3.8) is 0 Å². The van der Waals surface area contributed by atoms with Crippen LogP contribution in [-0.4, -0.2) is 4.57 Å². The molecule has 0 saturated heterocycles. The normalized spacial score (nSPS) is 12.9. The van der Waals surface area contributed by atoms with E-state index in [9.17, 15) is 0 Å². The van der Waals surface area contributed by atoms with Gasteiger partial charge < -0.3 is 9.47 Å². The maximum absolute atomic E-state index is 2.46. The quantitative estimate of drug-likeness (QED) is 0.170. The molecule has 2 nitrogen and oxygen atoms in total. The molecule has 0 unspecified atom stereocenters. The van der Waals surface area contributed by atoms with Crippen LogP contribution in [0.25, 0.3) is 60.9 Å². The first-order valence-electron chi connectivity index (χ1n) is 18.4. The molecular formula is C51H38N2. The van der Waals surface area contributed by atoms with Crippen molar-refractivity contribution in [1.82, 2.24) is 4.57 Å². The minimum Gasteiger partial charge on any atom is -0.310 e. The van der Waals surface area contributed by atoms with Crippen molar-refractivity contribution >= 4 is 38.9 Å². The van der Waals surface area contributed by atoms with Gasteiger partial charge in [-0.15, -0.1) is 0 Å². The second-order valence-corrected chi connectivity index (χ2v) is 14.6. The van der Waals surface area contributed by atoms with E-state index in [2.05, 4.69) is 217 Å². The molecule has 1 aliphatic rings. The second-order valence-electron chi connectivity index (χ2n) is 14.6. The minimum absolute atomic E-state index is 0.0829.